The first-order chi connectivity index (χ1) is 14.5. The number of nitrogens with one attached hydrogen (secondary N) is 1. The van der Waals surface area contributed by atoms with Gasteiger partial charge >= 0.3 is 0 Å². The minimum atomic E-state index is -3.75. The van der Waals surface area contributed by atoms with E-state index in [0.29, 0.717) is 30.4 Å². The zero-order valence-electron chi connectivity index (χ0n) is 16.1. The lowest BCUT2D eigenvalue weighted by Crippen LogP contribution is -2.37. The van der Waals surface area contributed by atoms with Crippen molar-refractivity contribution in [3.8, 4) is 11.5 Å². The molecule has 1 amide bonds. The van der Waals surface area contributed by atoms with Gasteiger partial charge in [0.2, 0.25) is 15.9 Å². The van der Waals surface area contributed by atoms with E-state index in [0.717, 1.165) is 10.8 Å². The molecule has 0 spiro atoms. The van der Waals surface area contributed by atoms with E-state index in [1.165, 1.54) is 0 Å². The molecule has 1 fully saturated rings. The third-order valence-electron chi connectivity index (χ3n) is 5.32. The fourth-order valence-corrected chi connectivity index (χ4v) is 5.12. The molecule has 0 aromatic heterocycles. The summed E-state index contributed by atoms with van der Waals surface area (Å²) in [6.45, 7) is 1.21. The summed E-state index contributed by atoms with van der Waals surface area (Å²) in [5.41, 5.74) is 0.664. The van der Waals surface area contributed by atoms with Crippen LogP contribution in [0.2, 0.25) is 0 Å². The Morgan fingerprint density at radius 2 is 1.67 bits per heavy atom. The zero-order valence-corrected chi connectivity index (χ0v) is 16.9. The predicted molar refractivity (Wildman–Crippen MR) is 112 cm³/mol. The first kappa shape index (κ1) is 18.9. The van der Waals surface area contributed by atoms with Gasteiger partial charge in [-0.05, 0) is 35.0 Å². The van der Waals surface area contributed by atoms with Crippen molar-refractivity contribution in [2.45, 2.75) is 17.4 Å². The lowest BCUT2D eigenvalue weighted by atomic mass is 10.1. The Morgan fingerprint density at radius 1 is 0.900 bits per heavy atom. The maximum absolute atomic E-state index is 12.9. The monoisotopic (exact) mass is 424 g/mol. The highest BCUT2D eigenvalue weighted by Crippen LogP contribution is 2.35. The van der Waals surface area contributed by atoms with Crippen LogP contribution >= 0.6 is 0 Å². The number of carbonyl (C=O) groups excluding carboxylic acids is 1. The van der Waals surface area contributed by atoms with Gasteiger partial charge in [0.05, 0.1) is 4.90 Å². The van der Waals surface area contributed by atoms with Gasteiger partial charge in [-0.1, -0.05) is 30.3 Å². The summed E-state index contributed by atoms with van der Waals surface area (Å²) in [7, 11) is -3.75. The summed E-state index contributed by atoms with van der Waals surface area (Å²) >= 11 is 0. The maximum atomic E-state index is 12.9. The van der Waals surface area contributed by atoms with Crippen molar-refractivity contribution in [1.29, 1.82) is 0 Å². The number of fused-ring (bicyclic) bond motifs is 2. The van der Waals surface area contributed by atoms with Crippen LogP contribution in [0.4, 0.5) is 5.69 Å². The molecular formula is C22H20N2O5S. The molecule has 0 bridgehead atoms. The fraction of sp³-hybridized carbons (Fsp3) is 0.227. The molecule has 1 N–H and O–H groups in total. The maximum Gasteiger partial charge on any atom is 0.240 e. The Balaban J connectivity index is 1.35. The van der Waals surface area contributed by atoms with Crippen LogP contribution in [-0.4, -0.2) is 40.1 Å². The van der Waals surface area contributed by atoms with Crippen LogP contribution in [0.1, 0.15) is 6.42 Å². The summed E-state index contributed by atoms with van der Waals surface area (Å²) in [5.74, 6) is 1.09. The number of benzene rings is 3. The summed E-state index contributed by atoms with van der Waals surface area (Å²) in [6.07, 6.45) is 0.0985. The Kier molecular flexibility index (Phi) is 4.60. The number of amides is 1. The van der Waals surface area contributed by atoms with E-state index in [1.807, 2.05) is 24.3 Å². The summed E-state index contributed by atoms with van der Waals surface area (Å²) in [6, 6.07) is 17.4. The summed E-state index contributed by atoms with van der Waals surface area (Å²) < 4.78 is 39.6. The minimum Gasteiger partial charge on any atom is -0.486 e. The van der Waals surface area contributed by atoms with Gasteiger partial charge in [-0.25, -0.2) is 13.1 Å². The number of ether oxygens (including phenoxy) is 2. The van der Waals surface area contributed by atoms with Crippen molar-refractivity contribution in [3.05, 3.63) is 60.7 Å². The number of hydrogen-bond acceptors (Lipinski definition) is 5. The van der Waals surface area contributed by atoms with Crippen LogP contribution in [-0.2, 0) is 14.8 Å². The van der Waals surface area contributed by atoms with Crippen molar-refractivity contribution in [3.63, 3.8) is 0 Å². The molecule has 154 valence electrons. The Bertz CT molecular complexity index is 1240. The third kappa shape index (κ3) is 3.48. The number of sulfonamides is 1. The minimum absolute atomic E-state index is 0.0985. The van der Waals surface area contributed by atoms with Crippen molar-refractivity contribution in [2.24, 2.45) is 0 Å². The second kappa shape index (κ2) is 7.30. The number of rotatable bonds is 4. The van der Waals surface area contributed by atoms with E-state index in [4.69, 9.17) is 9.47 Å². The first-order valence-corrected chi connectivity index (χ1v) is 11.2. The van der Waals surface area contributed by atoms with Gasteiger partial charge < -0.3 is 14.4 Å². The third-order valence-corrected chi connectivity index (χ3v) is 6.83. The number of nitrogens with zero attached hydrogens (tertiary/aromatic N) is 1. The van der Waals surface area contributed by atoms with E-state index < -0.39 is 16.1 Å². The molecule has 8 heteroatoms. The molecule has 5 rings (SSSR count). The molecule has 2 heterocycles. The lowest BCUT2D eigenvalue weighted by molar-refractivity contribution is -0.117. The van der Waals surface area contributed by atoms with E-state index in [9.17, 15) is 13.2 Å². The van der Waals surface area contributed by atoms with E-state index in [1.54, 1.807) is 41.3 Å². The second-order valence-corrected chi connectivity index (χ2v) is 9.08. The van der Waals surface area contributed by atoms with Crippen LogP contribution in [0.25, 0.3) is 10.8 Å². The first-order valence-electron chi connectivity index (χ1n) is 9.71. The topological polar surface area (TPSA) is 84.9 Å². The van der Waals surface area contributed by atoms with Crippen LogP contribution in [0.15, 0.2) is 65.6 Å². The van der Waals surface area contributed by atoms with Gasteiger partial charge in [-0.15, -0.1) is 0 Å². The smallest absolute Gasteiger partial charge is 0.240 e. The van der Waals surface area contributed by atoms with E-state index in [2.05, 4.69) is 4.72 Å². The quantitative estimate of drug-likeness (QED) is 0.696. The van der Waals surface area contributed by atoms with Crippen LogP contribution in [0.3, 0.4) is 0 Å². The molecule has 2 aliphatic heterocycles. The molecule has 0 aliphatic carbocycles. The molecule has 30 heavy (non-hydrogen) atoms. The zero-order chi connectivity index (χ0) is 20.7. The summed E-state index contributed by atoms with van der Waals surface area (Å²) in [4.78, 5) is 14.3. The largest absolute Gasteiger partial charge is 0.486 e. The highest BCUT2D eigenvalue weighted by molar-refractivity contribution is 7.89. The molecule has 0 saturated carbocycles. The molecule has 0 radical (unpaired) electrons. The van der Waals surface area contributed by atoms with Gasteiger partial charge in [0.15, 0.2) is 11.5 Å². The number of carbonyl (C=O) groups is 1. The van der Waals surface area contributed by atoms with Crippen molar-refractivity contribution < 1.29 is 22.7 Å². The molecule has 1 atom stereocenters. The highest BCUT2D eigenvalue weighted by Gasteiger charge is 2.34. The van der Waals surface area contributed by atoms with Gasteiger partial charge in [-0.2, -0.15) is 0 Å². The molecular weight excluding hydrogens is 404 g/mol. The van der Waals surface area contributed by atoms with E-state index in [-0.39, 0.29) is 23.8 Å². The van der Waals surface area contributed by atoms with Crippen LogP contribution in [0, 0.1) is 0 Å². The Hall–Kier alpha value is -3.10. The Morgan fingerprint density at radius 3 is 2.50 bits per heavy atom. The standard InChI is InChI=1S/C22H20N2O5S/c25-22-12-17(14-24(22)18-6-8-20-21(13-18)29-10-9-28-20)23-30(26,27)19-7-5-15-3-1-2-4-16(15)11-19/h1-8,11,13,17,23H,9-10,12,14H2/t17-/m0/s1. The average molecular weight is 424 g/mol. The van der Waals surface area contributed by atoms with Gasteiger partial charge in [0, 0.05) is 30.8 Å². The predicted octanol–water partition coefficient (Wildman–Crippen LogP) is 2.69. The van der Waals surface area contributed by atoms with Crippen molar-refractivity contribution in [2.75, 3.05) is 24.7 Å². The molecule has 7 nitrogen and oxygen atoms in total. The fourth-order valence-electron chi connectivity index (χ4n) is 3.86. The molecule has 2 aliphatic rings. The molecule has 0 unspecified atom stereocenters. The van der Waals surface area contributed by atoms with Crippen LogP contribution in [0.5, 0.6) is 11.5 Å². The number of hydrogen-bond donors (Lipinski definition) is 1. The Labute approximate surface area is 174 Å². The van der Waals surface area contributed by atoms with Crippen molar-refractivity contribution in [1.82, 2.24) is 4.72 Å². The second-order valence-electron chi connectivity index (χ2n) is 7.36. The molecule has 3 aromatic carbocycles. The van der Waals surface area contributed by atoms with Gasteiger partial charge in [-0.3, -0.25) is 4.79 Å². The summed E-state index contributed by atoms with van der Waals surface area (Å²) in [5, 5.41) is 1.82. The normalized spacial score (nSPS) is 18.7. The SMILES string of the molecule is O=C1C[C@H](NS(=O)(=O)c2ccc3ccccc3c2)CN1c1ccc2c(c1)OCCO2. The highest BCUT2D eigenvalue weighted by atomic mass is 32.2. The average Bonchev–Trinajstić information content (AvgIpc) is 3.12. The number of anilines is 1. The van der Waals surface area contributed by atoms with Gasteiger partial charge in [0.25, 0.3) is 0 Å². The van der Waals surface area contributed by atoms with Crippen LogP contribution < -0.4 is 19.1 Å². The van der Waals surface area contributed by atoms with Crippen molar-refractivity contribution >= 4 is 32.4 Å². The molecule has 3 aromatic rings. The molecule has 1 saturated heterocycles. The van der Waals surface area contributed by atoms with Gasteiger partial charge in [0.1, 0.15) is 13.2 Å². The van der Waals surface area contributed by atoms with E-state index >= 15 is 0 Å². The lowest BCUT2D eigenvalue weighted by Gasteiger charge is -2.22.